The van der Waals surface area contributed by atoms with Crippen LogP contribution in [0.1, 0.15) is 32.8 Å². The summed E-state index contributed by atoms with van der Waals surface area (Å²) in [6.45, 7) is 6.96. The first kappa shape index (κ1) is 19.4. The highest BCUT2D eigenvalue weighted by atomic mass is 32.2. The van der Waals surface area contributed by atoms with Gasteiger partial charge in [0, 0.05) is 25.1 Å². The Balaban J connectivity index is 0.00000191. The highest BCUT2D eigenvalue weighted by Gasteiger charge is 2.43. The van der Waals surface area contributed by atoms with E-state index in [9.17, 15) is 18.0 Å². The number of pyridine rings is 1. The zero-order valence-electron chi connectivity index (χ0n) is 13.1. The van der Waals surface area contributed by atoms with Crippen LogP contribution in [-0.4, -0.2) is 35.1 Å². The number of nitrogens with zero attached hydrogens (tertiary/aromatic N) is 1. The van der Waals surface area contributed by atoms with E-state index >= 15 is 0 Å². The zero-order valence-corrected chi connectivity index (χ0v) is 13.9. The maximum atomic E-state index is 11.6. The molecule has 120 valence electrons. The summed E-state index contributed by atoms with van der Waals surface area (Å²) in [6.07, 6.45) is 2.26. The third-order valence-electron chi connectivity index (χ3n) is 3.25. The van der Waals surface area contributed by atoms with Crippen molar-refractivity contribution in [1.82, 2.24) is 4.57 Å². The maximum absolute atomic E-state index is 11.6. The Hall–Kier alpha value is -1.63. The number of hydrogen-bond donors (Lipinski definition) is 1. The SMILES string of the molecule is CC.Cc1ccn(CCC(C)(C(=O)O)S(C)(=O)=O)c(=O)c1. The fraction of sp³-hybridized carbons (Fsp3) is 0.571. The third-order valence-corrected chi connectivity index (χ3v) is 5.27. The van der Waals surface area contributed by atoms with E-state index in [4.69, 9.17) is 5.11 Å². The Morgan fingerprint density at radius 1 is 1.38 bits per heavy atom. The largest absolute Gasteiger partial charge is 0.480 e. The van der Waals surface area contributed by atoms with Crippen molar-refractivity contribution in [2.75, 3.05) is 6.26 Å². The number of carboxylic acids is 1. The van der Waals surface area contributed by atoms with Crippen molar-refractivity contribution in [1.29, 1.82) is 0 Å². The van der Waals surface area contributed by atoms with Gasteiger partial charge in [0.2, 0.25) is 0 Å². The summed E-state index contributed by atoms with van der Waals surface area (Å²) in [6, 6.07) is 3.12. The Morgan fingerprint density at radius 2 is 1.90 bits per heavy atom. The van der Waals surface area contributed by atoms with E-state index in [0.29, 0.717) is 0 Å². The second-order valence-electron chi connectivity index (χ2n) is 4.79. The van der Waals surface area contributed by atoms with Gasteiger partial charge in [-0.1, -0.05) is 13.8 Å². The molecular formula is C14H23NO5S. The van der Waals surface area contributed by atoms with E-state index in [1.54, 1.807) is 13.0 Å². The van der Waals surface area contributed by atoms with Crippen molar-refractivity contribution in [2.24, 2.45) is 0 Å². The Bertz CT molecular complexity index is 648. The molecule has 1 heterocycles. The average Bonchev–Trinajstić information content (AvgIpc) is 2.38. The molecule has 1 rings (SSSR count). The molecule has 0 aromatic carbocycles. The molecular weight excluding hydrogens is 294 g/mol. The van der Waals surface area contributed by atoms with Crippen LogP contribution in [0.4, 0.5) is 0 Å². The number of aliphatic carboxylic acids is 1. The Kier molecular flexibility index (Phi) is 6.82. The lowest BCUT2D eigenvalue weighted by Gasteiger charge is -2.22. The van der Waals surface area contributed by atoms with Gasteiger partial charge >= 0.3 is 5.97 Å². The average molecular weight is 317 g/mol. The van der Waals surface area contributed by atoms with E-state index < -0.39 is 20.6 Å². The van der Waals surface area contributed by atoms with E-state index in [-0.39, 0.29) is 18.5 Å². The van der Waals surface area contributed by atoms with Gasteiger partial charge in [0.25, 0.3) is 5.56 Å². The molecule has 1 N–H and O–H groups in total. The van der Waals surface area contributed by atoms with Crippen molar-refractivity contribution >= 4 is 15.8 Å². The number of carboxylic acid groups (broad SMARTS) is 1. The van der Waals surface area contributed by atoms with Crippen molar-refractivity contribution < 1.29 is 18.3 Å². The zero-order chi connectivity index (χ0) is 16.8. The molecule has 0 aliphatic rings. The molecule has 0 fully saturated rings. The van der Waals surface area contributed by atoms with Crippen molar-refractivity contribution in [2.45, 2.75) is 45.4 Å². The van der Waals surface area contributed by atoms with Gasteiger partial charge < -0.3 is 9.67 Å². The number of rotatable bonds is 5. The molecule has 0 aliphatic heterocycles. The molecule has 6 nitrogen and oxygen atoms in total. The molecule has 1 unspecified atom stereocenters. The molecule has 0 saturated heterocycles. The first-order valence-corrected chi connectivity index (χ1v) is 8.57. The normalized spacial score (nSPS) is 13.8. The third kappa shape index (κ3) is 4.70. The fourth-order valence-electron chi connectivity index (χ4n) is 1.58. The minimum atomic E-state index is -3.77. The highest BCUT2D eigenvalue weighted by Crippen LogP contribution is 2.21. The van der Waals surface area contributed by atoms with Crippen LogP contribution in [0.5, 0.6) is 0 Å². The first-order valence-electron chi connectivity index (χ1n) is 6.68. The molecule has 0 bridgehead atoms. The summed E-state index contributed by atoms with van der Waals surface area (Å²) < 4.78 is 22.6. The van der Waals surface area contributed by atoms with Gasteiger partial charge in [-0.3, -0.25) is 9.59 Å². The molecule has 0 spiro atoms. The quantitative estimate of drug-likeness (QED) is 0.887. The molecule has 7 heteroatoms. The summed E-state index contributed by atoms with van der Waals surface area (Å²) in [7, 11) is -3.77. The van der Waals surface area contributed by atoms with Gasteiger partial charge in [0.15, 0.2) is 14.6 Å². The summed E-state index contributed by atoms with van der Waals surface area (Å²) >= 11 is 0. The summed E-state index contributed by atoms with van der Waals surface area (Å²) in [5, 5.41) is 9.09. The molecule has 1 aromatic heterocycles. The van der Waals surface area contributed by atoms with Gasteiger partial charge in [-0.2, -0.15) is 0 Å². The standard InChI is InChI=1S/C12H17NO5S.C2H6/c1-9-4-6-13(10(14)8-9)7-5-12(2,11(15)16)19(3,17)18;1-2/h4,6,8H,5,7H2,1-3H3,(H,15,16);1-2H3. The molecule has 0 radical (unpaired) electrons. The van der Waals surface area contributed by atoms with Crippen molar-refractivity contribution in [3.05, 3.63) is 34.2 Å². The number of aromatic nitrogens is 1. The number of hydrogen-bond acceptors (Lipinski definition) is 4. The van der Waals surface area contributed by atoms with Crippen molar-refractivity contribution in [3.8, 4) is 0 Å². The first-order chi connectivity index (χ1) is 9.58. The molecule has 0 amide bonds. The van der Waals surface area contributed by atoms with E-state index in [0.717, 1.165) is 18.7 Å². The summed E-state index contributed by atoms with van der Waals surface area (Å²) in [5.74, 6) is -1.41. The number of sulfone groups is 1. The summed E-state index contributed by atoms with van der Waals surface area (Å²) in [5.41, 5.74) is 0.520. The Morgan fingerprint density at radius 3 is 2.29 bits per heavy atom. The second-order valence-corrected chi connectivity index (χ2v) is 7.24. The van der Waals surface area contributed by atoms with E-state index in [1.165, 1.54) is 16.8 Å². The fourth-order valence-corrected chi connectivity index (χ4v) is 2.36. The van der Waals surface area contributed by atoms with Gasteiger partial charge in [-0.15, -0.1) is 0 Å². The van der Waals surface area contributed by atoms with E-state index in [2.05, 4.69) is 0 Å². The predicted molar refractivity (Wildman–Crippen MR) is 82.3 cm³/mol. The molecule has 0 aliphatic carbocycles. The Labute approximate surface area is 125 Å². The van der Waals surface area contributed by atoms with Gasteiger partial charge in [0.1, 0.15) is 0 Å². The monoisotopic (exact) mass is 317 g/mol. The molecule has 0 saturated carbocycles. The van der Waals surface area contributed by atoms with Crippen LogP contribution in [-0.2, 0) is 21.2 Å². The van der Waals surface area contributed by atoms with Gasteiger partial charge in [-0.25, -0.2) is 8.42 Å². The smallest absolute Gasteiger partial charge is 0.324 e. The number of carbonyl (C=O) groups is 1. The highest BCUT2D eigenvalue weighted by molar-refractivity contribution is 7.92. The van der Waals surface area contributed by atoms with Gasteiger partial charge in [-0.05, 0) is 31.9 Å². The number of aryl methyl sites for hydroxylation is 2. The van der Waals surface area contributed by atoms with Crippen LogP contribution in [0.3, 0.4) is 0 Å². The lowest BCUT2D eigenvalue weighted by atomic mass is 10.1. The van der Waals surface area contributed by atoms with Crippen LogP contribution in [0.25, 0.3) is 0 Å². The van der Waals surface area contributed by atoms with Gasteiger partial charge in [0.05, 0.1) is 0 Å². The van der Waals surface area contributed by atoms with Crippen molar-refractivity contribution in [3.63, 3.8) is 0 Å². The molecule has 1 aromatic rings. The van der Waals surface area contributed by atoms with Crippen LogP contribution in [0.15, 0.2) is 23.1 Å². The lowest BCUT2D eigenvalue weighted by molar-refractivity contribution is -0.139. The van der Waals surface area contributed by atoms with E-state index in [1.807, 2.05) is 13.8 Å². The summed E-state index contributed by atoms with van der Waals surface area (Å²) in [4.78, 5) is 22.8. The topological polar surface area (TPSA) is 93.4 Å². The van der Waals surface area contributed by atoms with Crippen LogP contribution in [0, 0.1) is 6.92 Å². The molecule has 1 atom stereocenters. The lowest BCUT2D eigenvalue weighted by Crippen LogP contribution is -2.44. The van der Waals surface area contributed by atoms with Crippen LogP contribution >= 0.6 is 0 Å². The minimum Gasteiger partial charge on any atom is -0.480 e. The minimum absolute atomic E-state index is 0.0367. The predicted octanol–water partition coefficient (Wildman–Crippen LogP) is 1.46. The van der Waals surface area contributed by atoms with Crippen LogP contribution in [0.2, 0.25) is 0 Å². The maximum Gasteiger partial charge on any atom is 0.324 e. The second kappa shape index (κ2) is 7.40. The molecule has 21 heavy (non-hydrogen) atoms. The van der Waals surface area contributed by atoms with Crippen LogP contribution < -0.4 is 5.56 Å².